The number of esters is 1. The van der Waals surface area contributed by atoms with Gasteiger partial charge in [0.05, 0.1) is 18.3 Å². The lowest BCUT2D eigenvalue weighted by atomic mass is 9.78. The van der Waals surface area contributed by atoms with Gasteiger partial charge in [0, 0.05) is 5.92 Å². The average Bonchev–Trinajstić information content (AvgIpc) is 2.41. The molecule has 0 spiro atoms. The van der Waals surface area contributed by atoms with Crippen LogP contribution in [0, 0.1) is 5.92 Å². The lowest BCUT2D eigenvalue weighted by molar-refractivity contribution is -0.184. The van der Waals surface area contributed by atoms with Crippen LogP contribution in [0.2, 0.25) is 19.6 Å². The molecule has 0 radical (unpaired) electrons. The van der Waals surface area contributed by atoms with Crippen LogP contribution in [-0.2, 0) is 18.7 Å². The summed E-state index contributed by atoms with van der Waals surface area (Å²) in [7, 11) is -1.80. The molecular formula is C13H22O4Si. The molecule has 4 nitrogen and oxygen atoms in total. The summed E-state index contributed by atoms with van der Waals surface area (Å²) >= 11 is 0. The Hall–Kier alpha value is -0.653. The fourth-order valence-corrected chi connectivity index (χ4v) is 3.86. The highest BCUT2D eigenvalue weighted by Crippen LogP contribution is 2.52. The molecule has 5 heteroatoms. The van der Waals surface area contributed by atoms with Gasteiger partial charge in [-0.25, -0.2) is 4.79 Å². The first-order valence-corrected chi connectivity index (χ1v) is 9.96. The van der Waals surface area contributed by atoms with Crippen LogP contribution in [0.15, 0.2) is 11.6 Å². The number of carbonyl (C=O) groups is 1. The minimum atomic E-state index is -1.80. The smallest absolute Gasteiger partial charge is 0.339 e. The third-order valence-corrected chi connectivity index (χ3v) is 4.06. The van der Waals surface area contributed by atoms with Crippen LogP contribution in [0.5, 0.6) is 0 Å². The first kappa shape index (κ1) is 13.8. The standard InChI is InChI=1S/C13H22O4Si/c1-6-15-12(14)11-8-10-7-9(2)16-13(10,11)17-18(3,4)5/h8-10H,6-7H2,1-5H3/t9-,10-,13+/m0/s1. The maximum Gasteiger partial charge on any atom is 0.339 e. The van der Waals surface area contributed by atoms with Crippen LogP contribution in [0.4, 0.5) is 0 Å². The summed E-state index contributed by atoms with van der Waals surface area (Å²) in [6.45, 7) is 10.5. The van der Waals surface area contributed by atoms with Crippen LogP contribution < -0.4 is 0 Å². The van der Waals surface area contributed by atoms with Crippen molar-refractivity contribution >= 4 is 14.3 Å². The van der Waals surface area contributed by atoms with Gasteiger partial charge < -0.3 is 13.9 Å². The van der Waals surface area contributed by atoms with Crippen molar-refractivity contribution in [1.29, 1.82) is 0 Å². The summed E-state index contributed by atoms with van der Waals surface area (Å²) in [6.07, 6.45) is 2.98. The van der Waals surface area contributed by atoms with Crippen molar-refractivity contribution in [2.24, 2.45) is 5.92 Å². The molecule has 3 atom stereocenters. The van der Waals surface area contributed by atoms with E-state index in [1.165, 1.54) is 0 Å². The van der Waals surface area contributed by atoms with Gasteiger partial charge in [0.15, 0.2) is 14.1 Å². The lowest BCUT2D eigenvalue weighted by Gasteiger charge is -2.45. The molecule has 1 aliphatic carbocycles. The van der Waals surface area contributed by atoms with E-state index in [2.05, 4.69) is 19.6 Å². The molecule has 0 saturated carbocycles. The second-order valence-corrected chi connectivity index (χ2v) is 10.4. The largest absolute Gasteiger partial charge is 0.462 e. The van der Waals surface area contributed by atoms with Gasteiger partial charge in [-0.05, 0) is 39.9 Å². The Bertz CT molecular complexity index is 385. The summed E-state index contributed by atoms with van der Waals surface area (Å²) < 4.78 is 17.2. The average molecular weight is 270 g/mol. The van der Waals surface area contributed by atoms with Gasteiger partial charge in [-0.15, -0.1) is 0 Å². The molecule has 1 heterocycles. The maximum atomic E-state index is 11.9. The number of hydrogen-bond donors (Lipinski definition) is 0. The van der Waals surface area contributed by atoms with Gasteiger partial charge in [-0.1, -0.05) is 6.08 Å². The third kappa shape index (κ3) is 2.26. The molecule has 102 valence electrons. The number of ether oxygens (including phenoxy) is 2. The minimum Gasteiger partial charge on any atom is -0.462 e. The molecule has 0 unspecified atom stereocenters. The molecule has 18 heavy (non-hydrogen) atoms. The van der Waals surface area contributed by atoms with E-state index >= 15 is 0 Å². The van der Waals surface area contributed by atoms with Crippen molar-refractivity contribution < 1.29 is 18.7 Å². The van der Waals surface area contributed by atoms with Gasteiger partial charge in [-0.2, -0.15) is 0 Å². The zero-order chi connectivity index (χ0) is 13.6. The van der Waals surface area contributed by atoms with Crippen LogP contribution in [0.3, 0.4) is 0 Å². The summed E-state index contributed by atoms with van der Waals surface area (Å²) in [4.78, 5) is 11.9. The molecule has 0 aromatic heterocycles. The molecule has 1 fully saturated rings. The minimum absolute atomic E-state index is 0.120. The molecule has 1 aliphatic heterocycles. The molecular weight excluding hydrogens is 248 g/mol. The predicted octanol–water partition coefficient (Wildman–Crippen LogP) is 2.46. The first-order valence-electron chi connectivity index (χ1n) is 6.56. The number of hydrogen-bond acceptors (Lipinski definition) is 4. The lowest BCUT2D eigenvalue weighted by Crippen LogP contribution is -2.54. The molecule has 0 N–H and O–H groups in total. The van der Waals surface area contributed by atoms with Crippen LogP contribution in [0.25, 0.3) is 0 Å². The summed E-state index contributed by atoms with van der Waals surface area (Å²) in [5.74, 6) is -0.935. The zero-order valence-corrected chi connectivity index (χ0v) is 12.8. The van der Waals surface area contributed by atoms with Gasteiger partial charge >= 0.3 is 5.97 Å². The molecule has 0 aromatic carbocycles. The highest BCUT2D eigenvalue weighted by molar-refractivity contribution is 6.69. The van der Waals surface area contributed by atoms with Crippen molar-refractivity contribution in [3.63, 3.8) is 0 Å². The summed E-state index contributed by atoms with van der Waals surface area (Å²) in [5.41, 5.74) is 0.557. The molecule has 2 aliphatic rings. The van der Waals surface area contributed by atoms with Crippen molar-refractivity contribution in [3.05, 3.63) is 11.6 Å². The topological polar surface area (TPSA) is 44.8 Å². The van der Waals surface area contributed by atoms with E-state index in [9.17, 15) is 4.79 Å². The normalized spacial score (nSPS) is 34.6. The Labute approximate surface area is 109 Å². The SMILES string of the molecule is CCOC(=O)C1=C[C@@H]2C[C@H](C)O[C@]12O[Si](C)(C)C. The molecule has 0 amide bonds. The van der Waals surface area contributed by atoms with Crippen molar-refractivity contribution in [1.82, 2.24) is 0 Å². The molecule has 0 bridgehead atoms. The van der Waals surface area contributed by atoms with E-state index in [-0.39, 0.29) is 18.0 Å². The summed E-state index contributed by atoms with van der Waals surface area (Å²) in [6, 6.07) is 0. The predicted molar refractivity (Wildman–Crippen MR) is 70.5 cm³/mol. The number of fused-ring (bicyclic) bond motifs is 1. The first-order chi connectivity index (χ1) is 8.28. The zero-order valence-electron chi connectivity index (χ0n) is 11.8. The Morgan fingerprint density at radius 1 is 1.56 bits per heavy atom. The van der Waals surface area contributed by atoms with Gasteiger partial charge in [-0.3, -0.25) is 0 Å². The third-order valence-electron chi connectivity index (χ3n) is 3.15. The van der Waals surface area contributed by atoms with Gasteiger partial charge in [0.25, 0.3) is 0 Å². The second-order valence-electron chi connectivity index (χ2n) is 5.95. The van der Waals surface area contributed by atoms with E-state index in [0.29, 0.717) is 12.2 Å². The Morgan fingerprint density at radius 2 is 2.22 bits per heavy atom. The van der Waals surface area contributed by atoms with Crippen LogP contribution in [-0.4, -0.2) is 32.8 Å². The highest BCUT2D eigenvalue weighted by atomic mass is 28.4. The maximum absolute atomic E-state index is 11.9. The van der Waals surface area contributed by atoms with Crippen LogP contribution >= 0.6 is 0 Å². The number of carbonyl (C=O) groups excluding carboxylic acids is 1. The van der Waals surface area contributed by atoms with Crippen LogP contribution in [0.1, 0.15) is 20.3 Å². The second kappa shape index (κ2) is 4.47. The molecule has 2 rings (SSSR count). The Kier molecular flexibility index (Phi) is 3.42. The molecule has 1 saturated heterocycles. The quantitative estimate of drug-likeness (QED) is 0.581. The van der Waals surface area contributed by atoms with Gasteiger partial charge in [0.1, 0.15) is 0 Å². The van der Waals surface area contributed by atoms with E-state index in [4.69, 9.17) is 13.9 Å². The Morgan fingerprint density at radius 3 is 2.72 bits per heavy atom. The number of rotatable bonds is 4. The van der Waals surface area contributed by atoms with E-state index in [1.54, 1.807) is 6.92 Å². The fraction of sp³-hybridized carbons (Fsp3) is 0.769. The molecule has 0 aromatic rings. The Balaban J connectivity index is 2.22. The van der Waals surface area contributed by atoms with Crippen molar-refractivity contribution in [2.45, 2.75) is 51.8 Å². The van der Waals surface area contributed by atoms with Gasteiger partial charge in [0.2, 0.25) is 0 Å². The van der Waals surface area contributed by atoms with Crippen molar-refractivity contribution in [2.75, 3.05) is 6.61 Å². The summed E-state index contributed by atoms with van der Waals surface area (Å²) in [5, 5.41) is 0. The van der Waals surface area contributed by atoms with E-state index < -0.39 is 14.1 Å². The van der Waals surface area contributed by atoms with E-state index in [0.717, 1.165) is 6.42 Å². The van der Waals surface area contributed by atoms with Crippen molar-refractivity contribution in [3.8, 4) is 0 Å². The monoisotopic (exact) mass is 270 g/mol. The fourth-order valence-electron chi connectivity index (χ4n) is 2.64. The highest BCUT2D eigenvalue weighted by Gasteiger charge is 2.60. The van der Waals surface area contributed by atoms with E-state index in [1.807, 2.05) is 13.0 Å².